The Morgan fingerprint density at radius 2 is 1.77 bits per heavy atom. The number of nitrogens with zero attached hydrogens (tertiary/aromatic N) is 2. The molecule has 0 saturated heterocycles. The Kier molecular flexibility index (Phi) is 3.81. The molecule has 2 aromatic heterocycles. The molecule has 4 rings (SSSR count). The van der Waals surface area contributed by atoms with Crippen LogP contribution in [-0.2, 0) is 6.54 Å². The number of nitrogens with one attached hydrogen (secondary N) is 1. The molecule has 0 fully saturated rings. The van der Waals surface area contributed by atoms with Crippen LogP contribution in [0, 0.1) is 10.1 Å². The van der Waals surface area contributed by atoms with E-state index in [0.29, 0.717) is 17.5 Å². The molecule has 0 atom stereocenters. The van der Waals surface area contributed by atoms with Crippen LogP contribution in [0.15, 0.2) is 69.9 Å². The largest absolute Gasteiger partial charge is 0.437 e. The second-order valence-electron chi connectivity index (χ2n) is 5.73. The zero-order valence-corrected chi connectivity index (χ0v) is 13.5. The number of anilines is 1. The van der Waals surface area contributed by atoms with Gasteiger partial charge in [0.2, 0.25) is 17.0 Å². The van der Waals surface area contributed by atoms with Crippen molar-refractivity contribution in [2.24, 2.45) is 0 Å². The third-order valence-corrected chi connectivity index (χ3v) is 4.05. The summed E-state index contributed by atoms with van der Waals surface area (Å²) < 4.78 is 5.68. The van der Waals surface area contributed by atoms with Gasteiger partial charge in [-0.3, -0.25) is 14.9 Å². The summed E-state index contributed by atoms with van der Waals surface area (Å²) in [5, 5.41) is 14.8. The number of hydrogen-bond donors (Lipinski definition) is 1. The average molecular weight is 347 g/mol. The topological polar surface area (TPSA) is 98.3 Å². The maximum absolute atomic E-state index is 12.6. The van der Waals surface area contributed by atoms with Gasteiger partial charge >= 0.3 is 5.69 Å². The molecule has 7 nitrogen and oxygen atoms in total. The van der Waals surface area contributed by atoms with E-state index in [0.717, 1.165) is 5.56 Å². The van der Waals surface area contributed by atoms with Gasteiger partial charge in [0, 0.05) is 12.6 Å². The van der Waals surface area contributed by atoms with E-state index in [4.69, 9.17) is 4.42 Å². The van der Waals surface area contributed by atoms with E-state index in [1.54, 1.807) is 24.3 Å². The van der Waals surface area contributed by atoms with Gasteiger partial charge in [-0.15, -0.1) is 0 Å². The smallest absolute Gasteiger partial charge is 0.312 e. The van der Waals surface area contributed by atoms with Crippen LogP contribution >= 0.6 is 0 Å². The summed E-state index contributed by atoms with van der Waals surface area (Å²) in [5.74, 6) is 0.0600. The van der Waals surface area contributed by atoms with Crippen molar-refractivity contribution in [2.45, 2.75) is 6.54 Å². The van der Waals surface area contributed by atoms with E-state index in [-0.39, 0.29) is 28.0 Å². The Balaban J connectivity index is 1.86. The number of rotatable bonds is 4. The Morgan fingerprint density at radius 3 is 2.54 bits per heavy atom. The highest BCUT2D eigenvalue weighted by Crippen LogP contribution is 2.27. The molecule has 0 aliphatic carbocycles. The predicted octanol–water partition coefficient (Wildman–Crippen LogP) is 3.86. The molecular weight excluding hydrogens is 334 g/mol. The maximum atomic E-state index is 12.6. The highest BCUT2D eigenvalue weighted by molar-refractivity contribution is 5.90. The lowest BCUT2D eigenvalue weighted by atomic mass is 10.1. The Labute approximate surface area is 147 Å². The number of aromatic nitrogens is 1. The zero-order valence-electron chi connectivity index (χ0n) is 13.5. The second-order valence-corrected chi connectivity index (χ2v) is 5.73. The number of fused-ring (bicyclic) bond motifs is 2. The van der Waals surface area contributed by atoms with Crippen LogP contribution in [0.25, 0.3) is 22.1 Å². The van der Waals surface area contributed by atoms with Crippen LogP contribution in [0.1, 0.15) is 5.56 Å². The molecule has 26 heavy (non-hydrogen) atoms. The first-order valence-electron chi connectivity index (χ1n) is 7.92. The van der Waals surface area contributed by atoms with E-state index in [1.807, 2.05) is 30.3 Å². The third kappa shape index (κ3) is 2.75. The van der Waals surface area contributed by atoms with Gasteiger partial charge in [-0.25, -0.2) is 0 Å². The molecule has 0 bridgehead atoms. The lowest BCUT2D eigenvalue weighted by Crippen LogP contribution is -2.08. The molecule has 0 amide bonds. The normalized spacial score (nSPS) is 10.9. The van der Waals surface area contributed by atoms with Gasteiger partial charge in [-0.2, -0.15) is 4.98 Å². The molecule has 0 radical (unpaired) electrons. The van der Waals surface area contributed by atoms with Gasteiger partial charge < -0.3 is 9.73 Å². The Hall–Kier alpha value is -3.74. The maximum Gasteiger partial charge on any atom is 0.312 e. The summed E-state index contributed by atoms with van der Waals surface area (Å²) in [6.45, 7) is 0.359. The molecule has 128 valence electrons. The van der Waals surface area contributed by atoms with Gasteiger partial charge in [0.1, 0.15) is 5.58 Å². The summed E-state index contributed by atoms with van der Waals surface area (Å²) >= 11 is 0. The minimum absolute atomic E-state index is 0.0600. The fraction of sp³-hybridized carbons (Fsp3) is 0.0526. The standard InChI is InChI=1S/C19H13N3O4/c23-17-13-8-4-5-9-16(13)26-19-14(17)10-15(22(24)25)18(21-19)20-11-12-6-2-1-3-7-12/h1-10H,11H2,(H,20,21). The first-order valence-corrected chi connectivity index (χ1v) is 7.92. The van der Waals surface area contributed by atoms with Gasteiger partial charge in [-0.05, 0) is 17.7 Å². The molecule has 0 aliphatic heterocycles. The van der Waals surface area contributed by atoms with Crippen molar-refractivity contribution in [2.75, 3.05) is 5.32 Å². The molecular formula is C19H13N3O4. The van der Waals surface area contributed by atoms with Crippen LogP contribution in [0.5, 0.6) is 0 Å². The summed E-state index contributed by atoms with van der Waals surface area (Å²) in [5.41, 5.74) is 0.793. The summed E-state index contributed by atoms with van der Waals surface area (Å²) in [4.78, 5) is 27.7. The van der Waals surface area contributed by atoms with Crippen molar-refractivity contribution in [1.82, 2.24) is 4.98 Å². The first kappa shape index (κ1) is 15.8. The molecule has 0 spiro atoms. The van der Waals surface area contributed by atoms with E-state index < -0.39 is 4.92 Å². The Morgan fingerprint density at radius 1 is 1.04 bits per heavy atom. The van der Waals surface area contributed by atoms with Gasteiger partial charge in [-0.1, -0.05) is 42.5 Å². The number of nitro groups is 1. The van der Waals surface area contributed by atoms with Gasteiger partial charge in [0.25, 0.3) is 0 Å². The number of pyridine rings is 1. The van der Waals surface area contributed by atoms with Crippen LogP contribution in [0.4, 0.5) is 11.5 Å². The van der Waals surface area contributed by atoms with Crippen molar-refractivity contribution in [3.05, 3.63) is 86.6 Å². The van der Waals surface area contributed by atoms with E-state index in [1.165, 1.54) is 6.07 Å². The van der Waals surface area contributed by atoms with Crippen molar-refractivity contribution >= 4 is 33.6 Å². The fourth-order valence-corrected chi connectivity index (χ4v) is 2.77. The number of hydrogen-bond acceptors (Lipinski definition) is 6. The average Bonchev–Trinajstić information content (AvgIpc) is 2.66. The Bertz CT molecular complexity index is 1190. The third-order valence-electron chi connectivity index (χ3n) is 4.05. The van der Waals surface area contributed by atoms with Crippen LogP contribution in [0.3, 0.4) is 0 Å². The first-order chi connectivity index (χ1) is 12.6. The summed E-state index contributed by atoms with van der Waals surface area (Å²) in [6.07, 6.45) is 0. The number of benzene rings is 2. The van der Waals surface area contributed by atoms with Crippen molar-refractivity contribution in [1.29, 1.82) is 0 Å². The summed E-state index contributed by atoms with van der Waals surface area (Å²) in [6, 6.07) is 17.4. The molecule has 2 heterocycles. The summed E-state index contributed by atoms with van der Waals surface area (Å²) in [7, 11) is 0. The predicted molar refractivity (Wildman–Crippen MR) is 98.2 cm³/mol. The molecule has 4 aromatic rings. The van der Waals surface area contributed by atoms with Crippen molar-refractivity contribution < 1.29 is 9.34 Å². The molecule has 0 unspecified atom stereocenters. The van der Waals surface area contributed by atoms with Crippen molar-refractivity contribution in [3.8, 4) is 0 Å². The second kappa shape index (κ2) is 6.29. The van der Waals surface area contributed by atoms with E-state index in [2.05, 4.69) is 10.3 Å². The molecule has 2 aromatic carbocycles. The molecule has 0 aliphatic rings. The van der Waals surface area contributed by atoms with Crippen molar-refractivity contribution in [3.63, 3.8) is 0 Å². The monoisotopic (exact) mass is 347 g/mol. The molecule has 0 saturated carbocycles. The zero-order chi connectivity index (χ0) is 18.1. The molecule has 7 heteroatoms. The van der Waals surface area contributed by atoms with E-state index >= 15 is 0 Å². The van der Waals surface area contributed by atoms with Gasteiger partial charge in [0.05, 0.1) is 15.7 Å². The quantitative estimate of drug-likeness (QED) is 0.342. The fourth-order valence-electron chi connectivity index (χ4n) is 2.77. The highest BCUT2D eigenvalue weighted by Gasteiger charge is 2.20. The lowest BCUT2D eigenvalue weighted by Gasteiger charge is -2.08. The minimum atomic E-state index is -0.561. The van der Waals surface area contributed by atoms with E-state index in [9.17, 15) is 14.9 Å². The minimum Gasteiger partial charge on any atom is -0.437 e. The highest BCUT2D eigenvalue weighted by atomic mass is 16.6. The van der Waals surface area contributed by atoms with Gasteiger partial charge in [0.15, 0.2) is 0 Å². The SMILES string of the molecule is O=c1c2ccccc2oc2nc(NCc3ccccc3)c([N+](=O)[O-])cc12. The lowest BCUT2D eigenvalue weighted by molar-refractivity contribution is -0.384. The number of para-hydroxylation sites is 1. The van der Waals surface area contributed by atoms with Crippen LogP contribution in [0.2, 0.25) is 0 Å². The van der Waals surface area contributed by atoms with Crippen LogP contribution in [-0.4, -0.2) is 9.91 Å². The molecule has 1 N–H and O–H groups in total. The van der Waals surface area contributed by atoms with Crippen LogP contribution < -0.4 is 10.7 Å².